The maximum absolute atomic E-state index is 12.7. The van der Waals surface area contributed by atoms with E-state index in [0.29, 0.717) is 37.7 Å². The highest BCUT2D eigenvalue weighted by molar-refractivity contribution is 7.14. The van der Waals surface area contributed by atoms with Crippen LogP contribution in [0.4, 0.5) is 5.13 Å². The third-order valence-corrected chi connectivity index (χ3v) is 6.20. The molecule has 3 N–H and O–H groups in total. The molecule has 140 valence electrons. The zero-order chi connectivity index (χ0) is 17.3. The van der Waals surface area contributed by atoms with Gasteiger partial charge in [-0.3, -0.25) is 4.79 Å². The van der Waals surface area contributed by atoms with Crippen LogP contribution in [0, 0.1) is 5.41 Å². The minimum Gasteiger partial charge on any atom is -0.381 e. The van der Waals surface area contributed by atoms with Gasteiger partial charge in [0.25, 0.3) is 0 Å². The fourth-order valence-electron chi connectivity index (χ4n) is 3.71. The Morgan fingerprint density at radius 2 is 2.04 bits per heavy atom. The van der Waals surface area contributed by atoms with Crippen molar-refractivity contribution in [1.82, 2.24) is 4.98 Å². The van der Waals surface area contributed by atoms with Gasteiger partial charge in [0, 0.05) is 30.7 Å². The highest BCUT2D eigenvalue weighted by Gasteiger charge is 2.39. The van der Waals surface area contributed by atoms with Crippen molar-refractivity contribution in [3.8, 4) is 11.3 Å². The molecule has 0 saturated carbocycles. The quantitative estimate of drug-likeness (QED) is 0.834. The summed E-state index contributed by atoms with van der Waals surface area (Å²) in [5, 5.41) is 5.62. The molecule has 1 fully saturated rings. The molecule has 1 amide bonds. The van der Waals surface area contributed by atoms with E-state index in [9.17, 15) is 4.79 Å². The second-order valence-electron chi connectivity index (χ2n) is 6.93. The van der Waals surface area contributed by atoms with Gasteiger partial charge in [-0.2, -0.15) is 0 Å². The Hall–Kier alpha value is -1.47. The number of anilines is 1. The number of rotatable bonds is 4. The number of benzene rings is 1. The van der Waals surface area contributed by atoms with Gasteiger partial charge in [0.2, 0.25) is 5.91 Å². The summed E-state index contributed by atoms with van der Waals surface area (Å²) < 4.78 is 5.38. The molecular weight excluding hydrogens is 370 g/mol. The van der Waals surface area contributed by atoms with E-state index in [1.807, 2.05) is 5.38 Å². The number of nitrogens with two attached hydrogens (primary N) is 1. The molecule has 1 aromatic carbocycles. The summed E-state index contributed by atoms with van der Waals surface area (Å²) in [5.74, 6) is -0.0341. The molecule has 26 heavy (non-hydrogen) atoms. The van der Waals surface area contributed by atoms with E-state index in [2.05, 4.69) is 28.5 Å². The second-order valence-corrected chi connectivity index (χ2v) is 7.78. The van der Waals surface area contributed by atoms with Crippen LogP contribution < -0.4 is 11.1 Å². The van der Waals surface area contributed by atoms with Crippen LogP contribution in [0.5, 0.6) is 0 Å². The van der Waals surface area contributed by atoms with Crippen LogP contribution in [0.2, 0.25) is 0 Å². The average molecular weight is 394 g/mol. The molecule has 2 aliphatic rings. The van der Waals surface area contributed by atoms with Crippen molar-refractivity contribution in [2.45, 2.75) is 32.1 Å². The van der Waals surface area contributed by atoms with Crippen LogP contribution in [0.15, 0.2) is 23.6 Å². The number of aryl methyl sites for hydroxylation is 2. The third kappa shape index (κ3) is 3.64. The van der Waals surface area contributed by atoms with Crippen molar-refractivity contribution < 1.29 is 9.53 Å². The number of amides is 1. The summed E-state index contributed by atoms with van der Waals surface area (Å²) in [6, 6.07) is 6.58. The normalized spacial score (nSPS) is 18.0. The fourth-order valence-corrected chi connectivity index (χ4v) is 4.43. The predicted octanol–water partition coefficient (Wildman–Crippen LogP) is 3.41. The first-order valence-corrected chi connectivity index (χ1v) is 9.75. The molecule has 7 heteroatoms. The average Bonchev–Trinajstić information content (AvgIpc) is 3.30. The Morgan fingerprint density at radius 1 is 1.27 bits per heavy atom. The minimum atomic E-state index is -0.530. The van der Waals surface area contributed by atoms with Crippen molar-refractivity contribution in [2.75, 3.05) is 25.1 Å². The molecule has 0 radical (unpaired) electrons. The lowest BCUT2D eigenvalue weighted by Crippen LogP contribution is -2.46. The van der Waals surface area contributed by atoms with Gasteiger partial charge in [-0.25, -0.2) is 4.98 Å². The first-order chi connectivity index (χ1) is 12.2. The van der Waals surface area contributed by atoms with E-state index in [0.717, 1.165) is 17.7 Å². The van der Waals surface area contributed by atoms with E-state index in [1.165, 1.54) is 35.3 Å². The maximum Gasteiger partial charge on any atom is 0.233 e. The number of ether oxygens (including phenoxy) is 1. The Morgan fingerprint density at radius 3 is 2.81 bits per heavy atom. The molecule has 1 aromatic heterocycles. The van der Waals surface area contributed by atoms with E-state index >= 15 is 0 Å². The van der Waals surface area contributed by atoms with E-state index < -0.39 is 5.41 Å². The smallest absolute Gasteiger partial charge is 0.233 e. The summed E-state index contributed by atoms with van der Waals surface area (Å²) in [4.78, 5) is 17.4. The molecule has 0 spiro atoms. The summed E-state index contributed by atoms with van der Waals surface area (Å²) in [6.45, 7) is 1.51. The van der Waals surface area contributed by atoms with E-state index in [4.69, 9.17) is 10.5 Å². The molecule has 1 aliphatic carbocycles. The highest BCUT2D eigenvalue weighted by Crippen LogP contribution is 2.33. The number of nitrogens with one attached hydrogen (secondary N) is 1. The lowest BCUT2D eigenvalue weighted by molar-refractivity contribution is -0.130. The van der Waals surface area contributed by atoms with Crippen LogP contribution in [0.3, 0.4) is 0 Å². The first-order valence-electron chi connectivity index (χ1n) is 8.87. The molecular formula is C19H24ClN3O2S. The molecule has 0 atom stereocenters. The summed E-state index contributed by atoms with van der Waals surface area (Å²) >= 11 is 1.46. The zero-order valence-electron chi connectivity index (χ0n) is 14.6. The Balaban J connectivity index is 0.00000196. The van der Waals surface area contributed by atoms with E-state index in [-0.39, 0.29) is 18.3 Å². The van der Waals surface area contributed by atoms with Gasteiger partial charge < -0.3 is 15.8 Å². The number of hydrogen-bond acceptors (Lipinski definition) is 5. The summed E-state index contributed by atoms with van der Waals surface area (Å²) in [7, 11) is 0. The SMILES string of the molecule is Cl.NCC1(C(=O)Nc2nc(-c3ccc4c(c3)CCC4)cs2)CCOCC1. The number of halogens is 1. The molecule has 0 unspecified atom stereocenters. The largest absolute Gasteiger partial charge is 0.381 e. The van der Waals surface area contributed by atoms with Gasteiger partial charge in [0.05, 0.1) is 11.1 Å². The summed E-state index contributed by atoms with van der Waals surface area (Å²) in [5.41, 5.74) is 10.3. The molecule has 1 saturated heterocycles. The Labute approximate surface area is 163 Å². The van der Waals surface area contributed by atoms with Crippen molar-refractivity contribution in [3.63, 3.8) is 0 Å². The topological polar surface area (TPSA) is 77.2 Å². The van der Waals surface area contributed by atoms with Gasteiger partial charge in [-0.15, -0.1) is 23.7 Å². The monoisotopic (exact) mass is 393 g/mol. The second kappa shape index (κ2) is 8.05. The Kier molecular flexibility index (Phi) is 5.97. The van der Waals surface area contributed by atoms with Crippen LogP contribution in [-0.2, 0) is 22.4 Å². The van der Waals surface area contributed by atoms with Crippen molar-refractivity contribution in [2.24, 2.45) is 11.1 Å². The van der Waals surface area contributed by atoms with Crippen LogP contribution >= 0.6 is 23.7 Å². The van der Waals surface area contributed by atoms with Gasteiger partial charge in [0.15, 0.2) is 5.13 Å². The van der Waals surface area contributed by atoms with Crippen LogP contribution in [0.25, 0.3) is 11.3 Å². The third-order valence-electron chi connectivity index (χ3n) is 5.44. The first kappa shape index (κ1) is 19.3. The fraction of sp³-hybridized carbons (Fsp3) is 0.474. The highest BCUT2D eigenvalue weighted by atomic mass is 35.5. The van der Waals surface area contributed by atoms with Crippen molar-refractivity contribution in [3.05, 3.63) is 34.7 Å². The molecule has 4 rings (SSSR count). The van der Waals surface area contributed by atoms with Crippen molar-refractivity contribution >= 4 is 34.8 Å². The van der Waals surface area contributed by atoms with Gasteiger partial charge in [-0.05, 0) is 49.3 Å². The van der Waals surface area contributed by atoms with Gasteiger partial charge in [-0.1, -0.05) is 12.1 Å². The molecule has 0 bridgehead atoms. The molecule has 2 heterocycles. The number of thiazole rings is 1. The molecule has 1 aliphatic heterocycles. The van der Waals surface area contributed by atoms with Crippen LogP contribution in [-0.4, -0.2) is 30.6 Å². The number of carbonyl (C=O) groups excluding carboxylic acids is 1. The number of nitrogens with zero attached hydrogens (tertiary/aromatic N) is 1. The number of hydrogen-bond donors (Lipinski definition) is 2. The van der Waals surface area contributed by atoms with Gasteiger partial charge in [0.1, 0.15) is 0 Å². The van der Waals surface area contributed by atoms with Crippen molar-refractivity contribution in [1.29, 1.82) is 0 Å². The van der Waals surface area contributed by atoms with Gasteiger partial charge >= 0.3 is 0 Å². The molecule has 5 nitrogen and oxygen atoms in total. The number of aromatic nitrogens is 1. The zero-order valence-corrected chi connectivity index (χ0v) is 16.3. The predicted molar refractivity (Wildman–Crippen MR) is 107 cm³/mol. The van der Waals surface area contributed by atoms with E-state index in [1.54, 1.807) is 0 Å². The Bertz CT molecular complexity index is 787. The lowest BCUT2D eigenvalue weighted by Gasteiger charge is -2.34. The van der Waals surface area contributed by atoms with Crippen LogP contribution in [0.1, 0.15) is 30.4 Å². The molecule has 2 aromatic rings. The lowest BCUT2D eigenvalue weighted by atomic mass is 9.79. The standard InChI is InChI=1S/C19H23N3O2S.ClH/c20-12-19(6-8-24-9-7-19)17(23)22-18-21-16(11-25-18)15-5-4-13-2-1-3-14(13)10-15;/h4-5,10-11H,1-3,6-9,12,20H2,(H,21,22,23);1H. The minimum absolute atomic E-state index is 0. The maximum atomic E-state index is 12.7. The summed E-state index contributed by atoms with van der Waals surface area (Å²) in [6.07, 6.45) is 4.90. The number of fused-ring (bicyclic) bond motifs is 1. The number of carbonyl (C=O) groups is 1.